The molecule has 2 rings (SSSR count). The molecule has 1 atom stereocenters. The number of methoxy groups -OCH3 is 1. The average Bonchev–Trinajstić information content (AvgIpc) is 2.55. The summed E-state index contributed by atoms with van der Waals surface area (Å²) in [6, 6.07) is 4.41. The number of phenolic OH excluding ortho intramolecular Hbond substituents is 1. The average molecular weight is 444 g/mol. The van der Waals surface area contributed by atoms with Crippen molar-refractivity contribution in [3.05, 3.63) is 22.2 Å². The van der Waals surface area contributed by atoms with Gasteiger partial charge in [-0.05, 0) is 40.0 Å². The van der Waals surface area contributed by atoms with Gasteiger partial charge in [0.05, 0.1) is 11.6 Å². The van der Waals surface area contributed by atoms with Crippen molar-refractivity contribution in [1.82, 2.24) is 10.2 Å². The van der Waals surface area contributed by atoms with Crippen LogP contribution in [0.3, 0.4) is 0 Å². The summed E-state index contributed by atoms with van der Waals surface area (Å²) in [6.07, 6.45) is 4.87. The van der Waals surface area contributed by atoms with Gasteiger partial charge in [0.2, 0.25) is 0 Å². The third kappa shape index (κ3) is 6.26. The molecule has 7 heteroatoms. The van der Waals surface area contributed by atoms with Crippen molar-refractivity contribution in [2.75, 3.05) is 33.3 Å². The molecular weight excluding hydrogens is 415 g/mol. The smallest absolute Gasteiger partial charge is 0.172 e. The molecule has 4 nitrogen and oxygen atoms in total. The predicted octanol–water partition coefficient (Wildman–Crippen LogP) is 4.53. The van der Waals surface area contributed by atoms with Crippen molar-refractivity contribution in [2.24, 2.45) is 0 Å². The number of piperazine rings is 1. The second kappa shape index (κ2) is 12.2. The van der Waals surface area contributed by atoms with Gasteiger partial charge < -0.3 is 15.2 Å². The summed E-state index contributed by atoms with van der Waals surface area (Å²) in [7, 11) is 1.60. The van der Waals surface area contributed by atoms with Crippen LogP contribution < -0.4 is 10.1 Å². The fourth-order valence-corrected chi connectivity index (χ4v) is 3.54. The highest BCUT2D eigenvalue weighted by Crippen LogP contribution is 2.39. The Kier molecular flexibility index (Phi) is 12.1. The standard InChI is InChI=1S/C17H27BrN2O2.2ClH/c1-3-4-5-6-15(20-9-7-19-8-10-20)13-11-14(18)17(21)16(12-13)22-2;;/h11-12,15,19,21H,3-10H2,1-2H3;2*1H/t15-;;/m0../s1. The lowest BCUT2D eigenvalue weighted by Crippen LogP contribution is -2.45. The van der Waals surface area contributed by atoms with Crippen molar-refractivity contribution in [3.63, 3.8) is 0 Å². The first-order valence-corrected chi connectivity index (χ1v) is 8.97. The Morgan fingerprint density at radius 1 is 1.25 bits per heavy atom. The van der Waals surface area contributed by atoms with Gasteiger partial charge in [0.1, 0.15) is 0 Å². The number of aromatic hydroxyl groups is 1. The molecule has 140 valence electrons. The SMILES string of the molecule is CCCCC[C@@H](c1cc(Br)c(O)c(OC)c1)N1CCNCC1.Cl.Cl. The lowest BCUT2D eigenvalue weighted by molar-refractivity contribution is 0.162. The van der Waals surface area contributed by atoms with Crippen LogP contribution in [0.5, 0.6) is 11.5 Å². The zero-order chi connectivity index (χ0) is 15.9. The number of ether oxygens (including phenoxy) is 1. The third-order valence-electron chi connectivity index (χ3n) is 4.33. The summed E-state index contributed by atoms with van der Waals surface area (Å²) in [5.41, 5.74) is 1.22. The fraction of sp³-hybridized carbons (Fsp3) is 0.647. The number of rotatable bonds is 7. The summed E-state index contributed by atoms with van der Waals surface area (Å²) in [5.74, 6) is 0.721. The molecule has 24 heavy (non-hydrogen) atoms. The Balaban J connectivity index is 0.00000264. The number of nitrogens with zero attached hydrogens (tertiary/aromatic N) is 1. The number of nitrogens with one attached hydrogen (secondary N) is 1. The topological polar surface area (TPSA) is 44.7 Å². The summed E-state index contributed by atoms with van der Waals surface area (Å²) in [4.78, 5) is 2.55. The van der Waals surface area contributed by atoms with E-state index >= 15 is 0 Å². The molecule has 2 N–H and O–H groups in total. The fourth-order valence-electron chi connectivity index (χ4n) is 3.08. The minimum atomic E-state index is 0. The van der Waals surface area contributed by atoms with Gasteiger partial charge in [0.25, 0.3) is 0 Å². The Bertz CT molecular complexity index is 486. The van der Waals surface area contributed by atoms with E-state index in [1.807, 2.05) is 12.1 Å². The van der Waals surface area contributed by atoms with Gasteiger partial charge in [-0.2, -0.15) is 0 Å². The summed E-state index contributed by atoms with van der Waals surface area (Å²) < 4.78 is 6.02. The zero-order valence-electron chi connectivity index (χ0n) is 14.4. The molecule has 0 bridgehead atoms. The van der Waals surface area contributed by atoms with E-state index in [0.29, 0.717) is 16.3 Å². The molecular formula is C17H29BrCl2N2O2. The molecule has 1 saturated heterocycles. The van der Waals surface area contributed by atoms with Gasteiger partial charge in [-0.3, -0.25) is 4.90 Å². The molecule has 1 heterocycles. The van der Waals surface area contributed by atoms with E-state index in [0.717, 1.165) is 32.6 Å². The van der Waals surface area contributed by atoms with E-state index in [9.17, 15) is 5.11 Å². The van der Waals surface area contributed by atoms with Crippen LogP contribution in [0.15, 0.2) is 16.6 Å². The van der Waals surface area contributed by atoms with Gasteiger partial charge in [-0.1, -0.05) is 26.2 Å². The maximum absolute atomic E-state index is 10.0. The van der Waals surface area contributed by atoms with Gasteiger partial charge in [-0.25, -0.2) is 0 Å². The zero-order valence-corrected chi connectivity index (χ0v) is 17.6. The Morgan fingerprint density at radius 3 is 2.50 bits per heavy atom. The highest BCUT2D eigenvalue weighted by atomic mass is 79.9. The first-order chi connectivity index (χ1) is 10.7. The molecule has 0 aromatic heterocycles. The van der Waals surface area contributed by atoms with Crippen LogP contribution in [0.2, 0.25) is 0 Å². The van der Waals surface area contributed by atoms with Crippen LogP contribution >= 0.6 is 40.7 Å². The number of unbranched alkanes of at least 4 members (excludes halogenated alkanes) is 2. The highest BCUT2D eigenvalue weighted by molar-refractivity contribution is 9.10. The lowest BCUT2D eigenvalue weighted by Gasteiger charge is -2.35. The van der Waals surface area contributed by atoms with Crippen molar-refractivity contribution in [2.45, 2.75) is 38.6 Å². The van der Waals surface area contributed by atoms with Crippen LogP contribution in [-0.2, 0) is 0 Å². The summed E-state index contributed by atoms with van der Waals surface area (Å²) in [6.45, 7) is 6.45. The van der Waals surface area contributed by atoms with Crippen LogP contribution in [0.25, 0.3) is 0 Å². The molecule has 1 aromatic carbocycles. The van der Waals surface area contributed by atoms with E-state index in [1.165, 1.54) is 24.8 Å². The third-order valence-corrected chi connectivity index (χ3v) is 4.93. The molecule has 1 fully saturated rings. The number of halogens is 3. The Morgan fingerprint density at radius 2 is 1.92 bits per heavy atom. The first-order valence-electron chi connectivity index (χ1n) is 8.18. The second-order valence-electron chi connectivity index (χ2n) is 5.85. The van der Waals surface area contributed by atoms with Crippen molar-refractivity contribution in [3.8, 4) is 11.5 Å². The van der Waals surface area contributed by atoms with E-state index in [2.05, 4.69) is 33.1 Å². The minimum absolute atomic E-state index is 0. The predicted molar refractivity (Wildman–Crippen MR) is 108 cm³/mol. The van der Waals surface area contributed by atoms with Crippen LogP contribution in [0, 0.1) is 0 Å². The molecule has 0 saturated carbocycles. The van der Waals surface area contributed by atoms with E-state index in [-0.39, 0.29) is 30.6 Å². The largest absolute Gasteiger partial charge is 0.503 e. The number of hydrogen-bond acceptors (Lipinski definition) is 4. The Hall–Kier alpha value is -0.200. The lowest BCUT2D eigenvalue weighted by atomic mass is 9.97. The van der Waals surface area contributed by atoms with Crippen molar-refractivity contribution in [1.29, 1.82) is 0 Å². The van der Waals surface area contributed by atoms with Crippen LogP contribution in [-0.4, -0.2) is 43.3 Å². The summed E-state index contributed by atoms with van der Waals surface area (Å²) in [5, 5.41) is 13.4. The van der Waals surface area contributed by atoms with Gasteiger partial charge in [-0.15, -0.1) is 24.8 Å². The van der Waals surface area contributed by atoms with Gasteiger partial charge in [0.15, 0.2) is 11.5 Å². The molecule has 0 radical (unpaired) electrons. The molecule has 1 aromatic rings. The maximum atomic E-state index is 10.0. The van der Waals surface area contributed by atoms with Crippen LogP contribution in [0.1, 0.15) is 44.2 Å². The monoisotopic (exact) mass is 442 g/mol. The van der Waals surface area contributed by atoms with E-state index < -0.39 is 0 Å². The maximum Gasteiger partial charge on any atom is 0.172 e. The highest BCUT2D eigenvalue weighted by Gasteiger charge is 2.23. The molecule has 0 unspecified atom stereocenters. The Labute approximate surface area is 166 Å². The number of phenols is 1. The van der Waals surface area contributed by atoms with Crippen LogP contribution in [0.4, 0.5) is 0 Å². The van der Waals surface area contributed by atoms with E-state index in [4.69, 9.17) is 4.74 Å². The first kappa shape index (κ1) is 23.8. The van der Waals surface area contributed by atoms with Crippen molar-refractivity contribution >= 4 is 40.7 Å². The van der Waals surface area contributed by atoms with Gasteiger partial charge >= 0.3 is 0 Å². The molecule has 0 spiro atoms. The van der Waals surface area contributed by atoms with Gasteiger partial charge in [0, 0.05) is 32.2 Å². The van der Waals surface area contributed by atoms with Crippen molar-refractivity contribution < 1.29 is 9.84 Å². The minimum Gasteiger partial charge on any atom is -0.503 e. The molecule has 1 aliphatic heterocycles. The summed E-state index contributed by atoms with van der Waals surface area (Å²) >= 11 is 3.45. The molecule has 1 aliphatic rings. The second-order valence-corrected chi connectivity index (χ2v) is 6.71. The molecule has 0 amide bonds. The normalized spacial score (nSPS) is 16.0. The molecule has 0 aliphatic carbocycles. The quantitative estimate of drug-likeness (QED) is 0.607. The van der Waals surface area contributed by atoms with E-state index in [1.54, 1.807) is 7.11 Å². The number of benzene rings is 1. The number of hydrogen-bond donors (Lipinski definition) is 2.